The van der Waals surface area contributed by atoms with Gasteiger partial charge in [0.2, 0.25) is 0 Å². The van der Waals surface area contributed by atoms with Gasteiger partial charge in [0.1, 0.15) is 0 Å². The highest BCUT2D eigenvalue weighted by molar-refractivity contribution is 5.78. The first-order valence-corrected chi connectivity index (χ1v) is 6.71. The van der Waals surface area contributed by atoms with Gasteiger partial charge in [-0.15, -0.1) is 5.92 Å². The molecule has 0 aliphatic carbocycles. The van der Waals surface area contributed by atoms with Gasteiger partial charge in [-0.05, 0) is 26.2 Å². The number of rotatable bonds is 4. The summed E-state index contributed by atoms with van der Waals surface area (Å²) < 4.78 is 0. The van der Waals surface area contributed by atoms with Crippen molar-refractivity contribution in [1.82, 2.24) is 10.2 Å². The Hall–Kier alpha value is -1.70. The van der Waals surface area contributed by atoms with E-state index < -0.39 is 11.4 Å². The maximum absolute atomic E-state index is 11.9. The molecule has 19 heavy (non-hydrogen) atoms. The molecule has 2 amide bonds. The zero-order valence-electron chi connectivity index (χ0n) is 11.7. The molecule has 0 saturated carbocycles. The number of hydrogen-bond donors (Lipinski definition) is 2. The van der Waals surface area contributed by atoms with Gasteiger partial charge in [0, 0.05) is 13.1 Å². The van der Waals surface area contributed by atoms with Gasteiger partial charge >= 0.3 is 12.0 Å². The van der Waals surface area contributed by atoms with E-state index in [1.165, 1.54) is 0 Å². The molecule has 1 unspecified atom stereocenters. The summed E-state index contributed by atoms with van der Waals surface area (Å²) >= 11 is 0. The third-order valence-electron chi connectivity index (χ3n) is 3.55. The summed E-state index contributed by atoms with van der Waals surface area (Å²) in [6.07, 6.45) is 2.80. The van der Waals surface area contributed by atoms with Gasteiger partial charge in [0.25, 0.3) is 0 Å². The molecule has 0 aromatic carbocycles. The van der Waals surface area contributed by atoms with Crippen molar-refractivity contribution in [1.29, 1.82) is 0 Å². The maximum Gasteiger partial charge on any atom is 0.318 e. The lowest BCUT2D eigenvalue weighted by Gasteiger charge is -2.39. The summed E-state index contributed by atoms with van der Waals surface area (Å²) in [5, 5.41) is 12.1. The molecule has 1 heterocycles. The summed E-state index contributed by atoms with van der Waals surface area (Å²) in [6, 6.07) is -0.218. The molecule has 1 atom stereocenters. The highest BCUT2D eigenvalue weighted by Crippen LogP contribution is 2.35. The topological polar surface area (TPSA) is 69.6 Å². The molecule has 1 fully saturated rings. The van der Waals surface area contributed by atoms with Gasteiger partial charge < -0.3 is 15.3 Å². The number of nitrogens with zero attached hydrogens (tertiary/aromatic N) is 1. The van der Waals surface area contributed by atoms with Crippen molar-refractivity contribution >= 4 is 12.0 Å². The average molecular weight is 266 g/mol. The SMILES string of the molecule is CC#CCNC(=O)N1CCCC(CCC)(C(=O)O)C1. The van der Waals surface area contributed by atoms with E-state index in [2.05, 4.69) is 17.2 Å². The smallest absolute Gasteiger partial charge is 0.318 e. The molecule has 0 aromatic heterocycles. The van der Waals surface area contributed by atoms with Crippen LogP contribution in [0.1, 0.15) is 39.5 Å². The van der Waals surface area contributed by atoms with Crippen molar-refractivity contribution in [3.8, 4) is 11.8 Å². The fourth-order valence-corrected chi connectivity index (χ4v) is 2.59. The Bertz CT molecular complexity index is 393. The predicted molar refractivity (Wildman–Crippen MR) is 72.6 cm³/mol. The Morgan fingerprint density at radius 3 is 2.79 bits per heavy atom. The van der Waals surface area contributed by atoms with E-state index in [0.29, 0.717) is 32.5 Å². The van der Waals surface area contributed by atoms with Gasteiger partial charge in [0.05, 0.1) is 12.0 Å². The van der Waals surface area contributed by atoms with E-state index in [1.54, 1.807) is 11.8 Å². The number of urea groups is 1. The fraction of sp³-hybridized carbons (Fsp3) is 0.714. The predicted octanol–water partition coefficient (Wildman–Crippen LogP) is 1.69. The number of hydrogen-bond acceptors (Lipinski definition) is 2. The molecule has 0 aromatic rings. The Balaban J connectivity index is 2.68. The third-order valence-corrected chi connectivity index (χ3v) is 3.55. The summed E-state index contributed by atoms with van der Waals surface area (Å²) in [7, 11) is 0. The van der Waals surface area contributed by atoms with E-state index in [0.717, 1.165) is 12.8 Å². The minimum absolute atomic E-state index is 0.218. The first kappa shape index (κ1) is 15.4. The summed E-state index contributed by atoms with van der Waals surface area (Å²) in [6.45, 7) is 4.90. The van der Waals surface area contributed by atoms with Gasteiger partial charge in [-0.1, -0.05) is 19.3 Å². The first-order chi connectivity index (χ1) is 9.05. The van der Waals surface area contributed by atoms with Crippen molar-refractivity contribution in [2.45, 2.75) is 39.5 Å². The Kier molecular flexibility index (Phi) is 5.68. The summed E-state index contributed by atoms with van der Waals surface area (Å²) in [5.41, 5.74) is -0.777. The Morgan fingerprint density at radius 2 is 2.21 bits per heavy atom. The zero-order valence-corrected chi connectivity index (χ0v) is 11.7. The number of piperidine rings is 1. The second-order valence-electron chi connectivity index (χ2n) is 4.95. The number of nitrogens with one attached hydrogen (secondary N) is 1. The molecular formula is C14H22N2O3. The highest BCUT2D eigenvalue weighted by atomic mass is 16.4. The second kappa shape index (κ2) is 7.03. The van der Waals surface area contributed by atoms with Crippen molar-refractivity contribution in [2.75, 3.05) is 19.6 Å². The van der Waals surface area contributed by atoms with E-state index in [9.17, 15) is 14.7 Å². The van der Waals surface area contributed by atoms with Crippen LogP contribution < -0.4 is 5.32 Å². The molecule has 1 aliphatic heterocycles. The second-order valence-corrected chi connectivity index (χ2v) is 4.95. The zero-order chi connectivity index (χ0) is 14.3. The molecule has 2 N–H and O–H groups in total. The number of carbonyl (C=O) groups is 2. The quantitative estimate of drug-likeness (QED) is 0.761. The largest absolute Gasteiger partial charge is 0.481 e. The molecule has 1 saturated heterocycles. The average Bonchev–Trinajstić information content (AvgIpc) is 2.39. The van der Waals surface area contributed by atoms with Crippen LogP contribution >= 0.6 is 0 Å². The number of carboxylic acids is 1. The van der Waals surface area contributed by atoms with Gasteiger partial charge in [-0.25, -0.2) is 4.79 Å². The molecular weight excluding hydrogens is 244 g/mol. The Labute approximate surface area is 114 Å². The number of amides is 2. The van der Waals surface area contributed by atoms with Crippen LogP contribution in [0.2, 0.25) is 0 Å². The molecule has 1 aliphatic rings. The lowest BCUT2D eigenvalue weighted by molar-refractivity contribution is -0.152. The standard InChI is InChI=1S/C14H22N2O3/c1-3-5-9-15-13(19)16-10-6-8-14(11-16,7-4-2)12(17)18/h4,6-11H2,1-2H3,(H,15,19)(H,17,18). The van der Waals surface area contributed by atoms with Crippen LogP contribution in [0.4, 0.5) is 4.79 Å². The maximum atomic E-state index is 11.9. The van der Waals surface area contributed by atoms with Crippen LogP contribution in [-0.4, -0.2) is 41.6 Å². The first-order valence-electron chi connectivity index (χ1n) is 6.71. The monoisotopic (exact) mass is 266 g/mol. The highest BCUT2D eigenvalue weighted by Gasteiger charge is 2.42. The third kappa shape index (κ3) is 3.88. The van der Waals surface area contributed by atoms with E-state index in [4.69, 9.17) is 0 Å². The van der Waals surface area contributed by atoms with Crippen LogP contribution in [-0.2, 0) is 4.79 Å². The molecule has 106 valence electrons. The number of carboxylic acid groups (broad SMARTS) is 1. The minimum atomic E-state index is -0.791. The van der Waals surface area contributed by atoms with E-state index >= 15 is 0 Å². The number of carbonyl (C=O) groups excluding carboxylic acids is 1. The number of likely N-dealkylation sites (tertiary alicyclic amines) is 1. The van der Waals surface area contributed by atoms with Gasteiger partial charge in [-0.3, -0.25) is 4.79 Å². The van der Waals surface area contributed by atoms with Crippen molar-refractivity contribution in [2.24, 2.45) is 5.41 Å². The van der Waals surface area contributed by atoms with Gasteiger partial charge in [0.15, 0.2) is 0 Å². The van der Waals surface area contributed by atoms with Crippen LogP contribution in [0.15, 0.2) is 0 Å². The lowest BCUT2D eigenvalue weighted by atomic mass is 9.76. The Morgan fingerprint density at radius 1 is 1.47 bits per heavy atom. The molecule has 1 rings (SSSR count). The lowest BCUT2D eigenvalue weighted by Crippen LogP contribution is -2.52. The number of aliphatic carboxylic acids is 1. The molecule has 5 nitrogen and oxygen atoms in total. The van der Waals surface area contributed by atoms with Crippen molar-refractivity contribution < 1.29 is 14.7 Å². The summed E-state index contributed by atoms with van der Waals surface area (Å²) in [5.74, 6) is 4.67. The van der Waals surface area contributed by atoms with E-state index in [-0.39, 0.29) is 6.03 Å². The molecule has 0 bridgehead atoms. The van der Waals surface area contributed by atoms with Crippen LogP contribution in [0, 0.1) is 17.3 Å². The van der Waals surface area contributed by atoms with Crippen molar-refractivity contribution in [3.63, 3.8) is 0 Å². The minimum Gasteiger partial charge on any atom is -0.481 e. The van der Waals surface area contributed by atoms with Crippen LogP contribution in [0.3, 0.4) is 0 Å². The summed E-state index contributed by atoms with van der Waals surface area (Å²) in [4.78, 5) is 25.1. The molecule has 5 heteroatoms. The van der Waals surface area contributed by atoms with Gasteiger partial charge in [-0.2, -0.15) is 0 Å². The van der Waals surface area contributed by atoms with Crippen LogP contribution in [0.5, 0.6) is 0 Å². The van der Waals surface area contributed by atoms with Crippen molar-refractivity contribution in [3.05, 3.63) is 0 Å². The molecule has 0 radical (unpaired) electrons. The van der Waals surface area contributed by atoms with E-state index in [1.807, 2.05) is 6.92 Å². The van der Waals surface area contributed by atoms with Crippen LogP contribution in [0.25, 0.3) is 0 Å². The fourth-order valence-electron chi connectivity index (χ4n) is 2.59. The molecule has 0 spiro atoms. The normalized spacial score (nSPS) is 22.3.